The van der Waals surface area contributed by atoms with Crippen LogP contribution in [0.4, 0.5) is 61.5 Å². The molecule has 2 aliphatic heterocycles. The molecule has 2 aliphatic carbocycles. The number of carboxylic acid groups (broad SMARTS) is 2. The smallest absolute Gasteiger partial charge is 0.460 e. The van der Waals surface area contributed by atoms with Crippen molar-refractivity contribution in [3.8, 4) is 11.5 Å². The number of hydrogen-bond donors (Lipinski definition) is 3. The van der Waals surface area contributed by atoms with E-state index in [9.17, 15) is 81.0 Å². The molecule has 0 radical (unpaired) electrons. The molecule has 23 heteroatoms. The molecule has 0 amide bonds. The van der Waals surface area contributed by atoms with Crippen LogP contribution in [-0.4, -0.2) is 112 Å². The molecule has 49 heavy (non-hydrogen) atoms. The standard InChI is InChI=1S/C18H21NO4.2C4HF7O2/c1-19-8-7-17-14-10-3-4-12(22-2)15(14)23-16(17)11(20)5-6-18(17,21)13(19)9-10;2*5-2(6,1(12)13)3(7,8)4(9,10)11/h3-4,13,16,21H,5-9H2,1-2H3;2*(H,12,13)/t13-,16+,17+,18-;;/m1../s1. The largest absolute Gasteiger partial charge is 0.493 e. The van der Waals surface area contributed by atoms with Gasteiger partial charge in [-0.2, -0.15) is 61.5 Å². The minimum Gasteiger partial charge on any atom is -0.493 e. The van der Waals surface area contributed by atoms with Gasteiger partial charge in [-0.3, -0.25) is 4.79 Å². The summed E-state index contributed by atoms with van der Waals surface area (Å²) in [5, 5.41) is 26.6. The summed E-state index contributed by atoms with van der Waals surface area (Å²) in [7, 11) is 3.70. The lowest BCUT2D eigenvalue weighted by Crippen LogP contribution is -2.76. The van der Waals surface area contributed by atoms with Crippen LogP contribution in [0.5, 0.6) is 11.5 Å². The van der Waals surface area contributed by atoms with Gasteiger partial charge >= 0.3 is 48.0 Å². The Morgan fingerprint density at radius 1 is 0.857 bits per heavy atom. The molecule has 1 saturated carbocycles. The molecule has 278 valence electrons. The highest BCUT2D eigenvalue weighted by Crippen LogP contribution is 2.64. The average molecular weight is 743 g/mol. The Balaban J connectivity index is 0.000000217. The molecule has 1 aromatic rings. The van der Waals surface area contributed by atoms with Gasteiger partial charge in [-0.1, -0.05) is 6.07 Å². The summed E-state index contributed by atoms with van der Waals surface area (Å²) in [5.41, 5.74) is 0.737. The number of alkyl halides is 14. The Hall–Kier alpha value is -3.63. The summed E-state index contributed by atoms with van der Waals surface area (Å²) in [6.45, 7) is 0.871. The van der Waals surface area contributed by atoms with E-state index in [4.69, 9.17) is 19.7 Å². The lowest BCUT2D eigenvalue weighted by atomic mass is 9.49. The van der Waals surface area contributed by atoms with Crippen LogP contribution in [-0.2, 0) is 26.2 Å². The van der Waals surface area contributed by atoms with Crippen LogP contribution >= 0.6 is 0 Å². The van der Waals surface area contributed by atoms with E-state index in [-0.39, 0.29) is 11.8 Å². The second kappa shape index (κ2) is 12.0. The van der Waals surface area contributed by atoms with Crippen molar-refractivity contribution in [3.63, 3.8) is 0 Å². The van der Waals surface area contributed by atoms with E-state index in [1.807, 2.05) is 6.07 Å². The van der Waals surface area contributed by atoms with Crippen LogP contribution in [0.3, 0.4) is 0 Å². The number of hydrogen-bond acceptors (Lipinski definition) is 7. The summed E-state index contributed by atoms with van der Waals surface area (Å²) >= 11 is 0. The predicted octanol–water partition coefficient (Wildman–Crippen LogP) is 4.86. The average Bonchev–Trinajstić information content (AvgIpc) is 3.32. The van der Waals surface area contributed by atoms with Crippen LogP contribution in [0.2, 0.25) is 0 Å². The van der Waals surface area contributed by atoms with Gasteiger partial charge in [0.25, 0.3) is 0 Å². The molecule has 0 unspecified atom stereocenters. The summed E-state index contributed by atoms with van der Waals surface area (Å²) in [4.78, 5) is 33.7. The van der Waals surface area contributed by atoms with Crippen molar-refractivity contribution in [1.29, 1.82) is 0 Å². The Labute approximate surface area is 264 Å². The number of ether oxygens (including phenoxy) is 2. The molecule has 0 aromatic heterocycles. The topological polar surface area (TPSA) is 134 Å². The molecular formula is C26H23F14NO8. The number of likely N-dealkylation sites (N-methyl/N-ethyl adjacent to an activating group) is 1. The Morgan fingerprint density at radius 2 is 1.33 bits per heavy atom. The first-order chi connectivity index (χ1) is 21.9. The Kier molecular flexibility index (Phi) is 9.75. The van der Waals surface area contributed by atoms with Gasteiger partial charge in [-0.25, -0.2) is 9.59 Å². The second-order valence-electron chi connectivity index (χ2n) is 11.3. The Bertz CT molecular complexity index is 1450. The number of ketones is 1. The quantitative estimate of drug-likeness (QED) is 0.362. The molecule has 1 spiro atoms. The molecule has 4 atom stereocenters. The third-order valence-corrected chi connectivity index (χ3v) is 8.77. The normalized spacial score (nSPS) is 26.7. The van der Waals surface area contributed by atoms with Crippen LogP contribution in [0.25, 0.3) is 0 Å². The zero-order chi connectivity index (χ0) is 38.1. The summed E-state index contributed by atoms with van der Waals surface area (Å²) in [6, 6.07) is 4.05. The maximum Gasteiger partial charge on any atom is 0.460 e. The van der Waals surface area contributed by atoms with E-state index in [0.717, 1.165) is 24.9 Å². The van der Waals surface area contributed by atoms with Crippen molar-refractivity contribution in [1.82, 2.24) is 4.90 Å². The molecule has 1 saturated heterocycles. The van der Waals surface area contributed by atoms with Gasteiger partial charge in [0.15, 0.2) is 23.4 Å². The first-order valence-electron chi connectivity index (χ1n) is 13.4. The molecule has 1 aromatic carbocycles. The van der Waals surface area contributed by atoms with Gasteiger partial charge < -0.3 is 29.7 Å². The number of likely N-dealkylation sites (tertiary alicyclic amines) is 1. The second-order valence-corrected chi connectivity index (χ2v) is 11.3. The van der Waals surface area contributed by atoms with E-state index in [2.05, 4.69) is 18.0 Å². The first kappa shape index (κ1) is 39.8. The van der Waals surface area contributed by atoms with Gasteiger partial charge in [-0.05, 0) is 44.5 Å². The highest BCUT2D eigenvalue weighted by Gasteiger charge is 2.78. The SMILES string of the molecule is COc1ccc2c3c1O[C@H]1C(=O)CC[C@@]4(O)[C@@H](C2)N(C)CC[C@]314.O=C(O)C(F)(F)C(F)(F)C(F)(F)F.O=C(O)C(F)(F)C(F)(F)C(F)(F)F. The van der Waals surface area contributed by atoms with Gasteiger partial charge in [-0.15, -0.1) is 0 Å². The van der Waals surface area contributed by atoms with Crippen molar-refractivity contribution < 1.29 is 101 Å². The maximum atomic E-state index is 12.7. The van der Waals surface area contributed by atoms with Crippen molar-refractivity contribution >= 4 is 17.7 Å². The van der Waals surface area contributed by atoms with E-state index in [0.29, 0.717) is 24.3 Å². The number of halogens is 14. The van der Waals surface area contributed by atoms with E-state index in [1.54, 1.807) is 7.11 Å². The number of aliphatic carboxylic acids is 2. The third-order valence-electron chi connectivity index (χ3n) is 8.77. The molecule has 2 heterocycles. The minimum absolute atomic E-state index is 0.0438. The molecule has 4 aliphatic rings. The van der Waals surface area contributed by atoms with E-state index < -0.39 is 65.1 Å². The van der Waals surface area contributed by atoms with E-state index >= 15 is 0 Å². The zero-order valence-corrected chi connectivity index (χ0v) is 24.5. The number of Topliss-reactive ketones (excluding diaryl/α,β-unsaturated/α-hetero) is 1. The predicted molar refractivity (Wildman–Crippen MR) is 130 cm³/mol. The fraction of sp³-hybridized carbons (Fsp3) is 0.654. The Morgan fingerprint density at radius 3 is 1.71 bits per heavy atom. The fourth-order valence-electron chi connectivity index (χ4n) is 6.31. The minimum atomic E-state index is -6.60. The molecule has 2 fully saturated rings. The highest BCUT2D eigenvalue weighted by molar-refractivity contribution is 5.90. The zero-order valence-electron chi connectivity index (χ0n) is 24.5. The van der Waals surface area contributed by atoms with Crippen molar-refractivity contribution in [3.05, 3.63) is 23.3 Å². The van der Waals surface area contributed by atoms with Crippen LogP contribution in [0, 0.1) is 0 Å². The highest BCUT2D eigenvalue weighted by atomic mass is 19.4. The summed E-state index contributed by atoms with van der Waals surface area (Å²) in [5.74, 6) is -31.1. The lowest BCUT2D eigenvalue weighted by molar-refractivity contribution is -0.347. The van der Waals surface area contributed by atoms with Gasteiger partial charge in [0.05, 0.1) is 18.1 Å². The number of methoxy groups -OCH3 is 1. The van der Waals surface area contributed by atoms with Gasteiger partial charge in [0, 0.05) is 18.0 Å². The molecule has 3 N–H and O–H groups in total. The van der Waals surface area contributed by atoms with Crippen molar-refractivity contribution in [2.45, 2.75) is 84.9 Å². The number of carboxylic acids is 2. The van der Waals surface area contributed by atoms with Gasteiger partial charge in [0.1, 0.15) is 0 Å². The number of benzene rings is 1. The van der Waals surface area contributed by atoms with Crippen LogP contribution in [0.15, 0.2) is 12.1 Å². The van der Waals surface area contributed by atoms with Crippen molar-refractivity contribution in [2.75, 3.05) is 20.7 Å². The molecule has 5 rings (SSSR count). The fourth-order valence-corrected chi connectivity index (χ4v) is 6.31. The number of piperidine rings is 1. The molecule has 9 nitrogen and oxygen atoms in total. The van der Waals surface area contributed by atoms with Gasteiger partial charge in [0.2, 0.25) is 0 Å². The van der Waals surface area contributed by atoms with Crippen molar-refractivity contribution in [2.24, 2.45) is 0 Å². The summed E-state index contributed by atoms with van der Waals surface area (Å²) in [6.07, 6.45) is -11.3. The maximum absolute atomic E-state index is 12.7. The molecule has 2 bridgehead atoms. The number of nitrogens with zero attached hydrogens (tertiary/aromatic N) is 1. The van der Waals surface area contributed by atoms with Crippen LogP contribution < -0.4 is 9.47 Å². The summed E-state index contributed by atoms with van der Waals surface area (Å²) < 4.78 is 173. The number of carbonyl (C=O) groups is 3. The molecular weight excluding hydrogens is 720 g/mol. The van der Waals surface area contributed by atoms with Crippen LogP contribution in [0.1, 0.15) is 30.4 Å². The number of carbonyl (C=O) groups excluding carboxylic acids is 1. The number of aliphatic hydroxyl groups is 1. The monoisotopic (exact) mass is 743 g/mol. The van der Waals surface area contributed by atoms with E-state index in [1.165, 1.54) is 5.56 Å². The lowest BCUT2D eigenvalue weighted by Gasteiger charge is -2.62. The first-order valence-corrected chi connectivity index (χ1v) is 13.4. The third kappa shape index (κ3) is 5.68. The number of rotatable bonds is 5.